The number of likely N-dealkylation sites (N-methyl/N-ethyl adjacent to an activating group) is 1. The average Bonchev–Trinajstić information content (AvgIpc) is 2.91. The van der Waals surface area contributed by atoms with Crippen molar-refractivity contribution in [2.45, 2.75) is 41.9 Å². The number of thioether (sulfide) groups is 1. The lowest BCUT2D eigenvalue weighted by Crippen LogP contribution is -2.46. The maximum absolute atomic E-state index is 9.70. The van der Waals surface area contributed by atoms with Crippen LogP contribution in [-0.2, 0) is 0 Å². The van der Waals surface area contributed by atoms with Gasteiger partial charge in [-0.3, -0.25) is 0 Å². The Kier molecular flexibility index (Phi) is 4.53. The average molecular weight is 301 g/mol. The van der Waals surface area contributed by atoms with E-state index in [4.69, 9.17) is 0 Å². The number of fused-ring (bicyclic) bond motifs is 1. The quantitative estimate of drug-likeness (QED) is 0.880. The zero-order chi connectivity index (χ0) is 14.7. The molecule has 3 rings (SSSR count). The number of nitrogens with one attached hydrogen (secondary N) is 1. The molecule has 1 aliphatic carbocycles. The van der Waals surface area contributed by atoms with Gasteiger partial charge in [0.05, 0.1) is 6.61 Å². The third-order valence-electron chi connectivity index (χ3n) is 4.44. The summed E-state index contributed by atoms with van der Waals surface area (Å²) in [4.78, 5) is 1.34. The summed E-state index contributed by atoms with van der Waals surface area (Å²) < 4.78 is 0. The summed E-state index contributed by atoms with van der Waals surface area (Å²) in [6.07, 6.45) is 3.29. The van der Waals surface area contributed by atoms with Crippen molar-refractivity contribution in [3.8, 4) is 0 Å². The van der Waals surface area contributed by atoms with Crippen LogP contribution in [0.15, 0.2) is 47.4 Å². The topological polar surface area (TPSA) is 32.3 Å². The molecule has 0 heterocycles. The molecule has 0 spiro atoms. The number of rotatable bonds is 5. The second-order valence-electron chi connectivity index (χ2n) is 5.96. The molecule has 0 amide bonds. The molecule has 1 aliphatic rings. The lowest BCUT2D eigenvalue weighted by molar-refractivity contribution is 0.167. The van der Waals surface area contributed by atoms with Gasteiger partial charge in [-0.2, -0.15) is 0 Å². The molecular weight excluding hydrogens is 278 g/mol. The number of aliphatic hydroxyl groups excluding tert-OH is 1. The Balaban J connectivity index is 1.71. The van der Waals surface area contributed by atoms with Crippen LogP contribution in [0.1, 0.15) is 26.2 Å². The summed E-state index contributed by atoms with van der Waals surface area (Å²) in [5.74, 6) is 0. The van der Waals surface area contributed by atoms with Gasteiger partial charge in [-0.05, 0) is 48.7 Å². The van der Waals surface area contributed by atoms with E-state index in [9.17, 15) is 5.11 Å². The number of hydrogen-bond acceptors (Lipinski definition) is 3. The van der Waals surface area contributed by atoms with Crippen molar-refractivity contribution in [2.75, 3.05) is 13.2 Å². The van der Waals surface area contributed by atoms with Crippen molar-refractivity contribution in [2.24, 2.45) is 0 Å². The van der Waals surface area contributed by atoms with Crippen molar-refractivity contribution in [1.29, 1.82) is 0 Å². The standard InChI is InChI=1S/C18H23NOS/c1-2-19-18(13-20)10-9-17(12-18)21-16-8-7-14-5-3-4-6-15(14)11-16/h3-8,11,17,19-20H,2,9-10,12-13H2,1H3. The van der Waals surface area contributed by atoms with E-state index in [1.54, 1.807) is 0 Å². The number of hydrogen-bond donors (Lipinski definition) is 2. The van der Waals surface area contributed by atoms with Crippen LogP contribution in [0.4, 0.5) is 0 Å². The van der Waals surface area contributed by atoms with Crippen molar-refractivity contribution in [1.82, 2.24) is 5.32 Å². The second-order valence-corrected chi connectivity index (χ2v) is 7.33. The van der Waals surface area contributed by atoms with Crippen LogP contribution in [0.2, 0.25) is 0 Å². The molecule has 2 N–H and O–H groups in total. The molecule has 2 aromatic carbocycles. The third-order valence-corrected chi connectivity index (χ3v) is 5.70. The second kappa shape index (κ2) is 6.39. The molecule has 3 heteroatoms. The first-order valence-electron chi connectivity index (χ1n) is 7.76. The molecule has 0 aromatic heterocycles. The SMILES string of the molecule is CCNC1(CO)CCC(Sc2ccc3ccccc3c2)C1. The molecule has 0 saturated heterocycles. The zero-order valence-corrected chi connectivity index (χ0v) is 13.3. The van der Waals surface area contributed by atoms with E-state index in [1.165, 1.54) is 22.1 Å². The molecule has 112 valence electrons. The summed E-state index contributed by atoms with van der Waals surface area (Å²) in [5, 5.41) is 16.4. The molecule has 0 radical (unpaired) electrons. The van der Waals surface area contributed by atoms with Crippen LogP contribution in [0.3, 0.4) is 0 Å². The van der Waals surface area contributed by atoms with E-state index in [1.807, 2.05) is 11.8 Å². The van der Waals surface area contributed by atoms with Crippen LogP contribution >= 0.6 is 11.8 Å². The van der Waals surface area contributed by atoms with Crippen molar-refractivity contribution in [3.05, 3.63) is 42.5 Å². The maximum atomic E-state index is 9.70. The minimum Gasteiger partial charge on any atom is -0.394 e. The fourth-order valence-electron chi connectivity index (χ4n) is 3.35. The van der Waals surface area contributed by atoms with Crippen LogP contribution < -0.4 is 5.32 Å². The van der Waals surface area contributed by atoms with Gasteiger partial charge in [0.15, 0.2) is 0 Å². The largest absolute Gasteiger partial charge is 0.394 e. The van der Waals surface area contributed by atoms with Crippen molar-refractivity contribution in [3.63, 3.8) is 0 Å². The first-order valence-corrected chi connectivity index (χ1v) is 8.64. The van der Waals surface area contributed by atoms with Crippen LogP contribution in [-0.4, -0.2) is 29.0 Å². The highest BCUT2D eigenvalue weighted by molar-refractivity contribution is 8.00. The first-order chi connectivity index (χ1) is 10.2. The van der Waals surface area contributed by atoms with E-state index >= 15 is 0 Å². The van der Waals surface area contributed by atoms with Gasteiger partial charge in [-0.25, -0.2) is 0 Å². The van der Waals surface area contributed by atoms with Crippen molar-refractivity contribution >= 4 is 22.5 Å². The Hall–Kier alpha value is -1.03. The number of aliphatic hydroxyl groups is 1. The fourth-order valence-corrected chi connectivity index (χ4v) is 4.71. The van der Waals surface area contributed by atoms with Gasteiger partial charge in [0, 0.05) is 15.7 Å². The van der Waals surface area contributed by atoms with Crippen LogP contribution in [0, 0.1) is 0 Å². The minimum absolute atomic E-state index is 0.0523. The van der Waals surface area contributed by atoms with E-state index in [2.05, 4.69) is 54.7 Å². The van der Waals surface area contributed by atoms with Gasteiger partial charge < -0.3 is 10.4 Å². The van der Waals surface area contributed by atoms with Gasteiger partial charge >= 0.3 is 0 Å². The molecule has 2 atom stereocenters. The summed E-state index contributed by atoms with van der Waals surface area (Å²) in [5.41, 5.74) is -0.0523. The predicted octanol–water partition coefficient (Wildman–Crippen LogP) is 3.83. The molecular formula is C18H23NOS. The van der Waals surface area contributed by atoms with Crippen molar-refractivity contribution < 1.29 is 5.11 Å². The Labute approximate surface area is 130 Å². The highest BCUT2D eigenvalue weighted by Crippen LogP contribution is 2.40. The van der Waals surface area contributed by atoms with Gasteiger partial charge in [0.2, 0.25) is 0 Å². The Bertz CT molecular complexity index is 615. The number of benzene rings is 2. The van der Waals surface area contributed by atoms with Crippen LogP contribution in [0.5, 0.6) is 0 Å². The lowest BCUT2D eigenvalue weighted by Gasteiger charge is -2.28. The monoisotopic (exact) mass is 301 g/mol. The van der Waals surface area contributed by atoms with E-state index in [0.717, 1.165) is 19.4 Å². The summed E-state index contributed by atoms with van der Waals surface area (Å²) in [6.45, 7) is 3.28. The molecule has 1 fully saturated rings. The maximum Gasteiger partial charge on any atom is 0.0613 e. The Morgan fingerprint density at radius 3 is 2.81 bits per heavy atom. The molecule has 21 heavy (non-hydrogen) atoms. The van der Waals surface area contributed by atoms with E-state index in [0.29, 0.717) is 5.25 Å². The summed E-state index contributed by atoms with van der Waals surface area (Å²) in [6, 6.07) is 15.2. The summed E-state index contributed by atoms with van der Waals surface area (Å²) >= 11 is 1.96. The van der Waals surface area contributed by atoms with E-state index < -0.39 is 0 Å². The minimum atomic E-state index is -0.0523. The summed E-state index contributed by atoms with van der Waals surface area (Å²) in [7, 11) is 0. The van der Waals surface area contributed by atoms with Gasteiger partial charge in [-0.15, -0.1) is 11.8 Å². The van der Waals surface area contributed by atoms with E-state index in [-0.39, 0.29) is 12.1 Å². The molecule has 2 aromatic rings. The molecule has 2 nitrogen and oxygen atoms in total. The molecule has 2 unspecified atom stereocenters. The highest BCUT2D eigenvalue weighted by Gasteiger charge is 2.38. The predicted molar refractivity (Wildman–Crippen MR) is 90.9 cm³/mol. The highest BCUT2D eigenvalue weighted by atomic mass is 32.2. The van der Waals surface area contributed by atoms with Gasteiger partial charge in [-0.1, -0.05) is 37.3 Å². The van der Waals surface area contributed by atoms with Crippen LogP contribution in [0.25, 0.3) is 10.8 Å². The molecule has 0 aliphatic heterocycles. The Morgan fingerprint density at radius 1 is 1.24 bits per heavy atom. The smallest absolute Gasteiger partial charge is 0.0613 e. The Morgan fingerprint density at radius 2 is 2.05 bits per heavy atom. The molecule has 1 saturated carbocycles. The first kappa shape index (κ1) is 14.9. The normalized spacial score (nSPS) is 25.5. The third kappa shape index (κ3) is 3.25. The zero-order valence-electron chi connectivity index (χ0n) is 12.5. The lowest BCUT2D eigenvalue weighted by atomic mass is 9.99. The van der Waals surface area contributed by atoms with Gasteiger partial charge in [0.1, 0.15) is 0 Å². The van der Waals surface area contributed by atoms with Gasteiger partial charge in [0.25, 0.3) is 0 Å². The fraction of sp³-hybridized carbons (Fsp3) is 0.444. The molecule has 0 bridgehead atoms.